The number of imidazole rings is 1. The molecule has 142 valence electrons. The van der Waals surface area contributed by atoms with Gasteiger partial charge >= 0.3 is 6.18 Å². The van der Waals surface area contributed by atoms with E-state index in [1.165, 1.54) is 28.7 Å². The molecule has 0 saturated heterocycles. The summed E-state index contributed by atoms with van der Waals surface area (Å²) in [5.41, 5.74) is -1.19. The first-order chi connectivity index (χ1) is 12.7. The van der Waals surface area contributed by atoms with Crippen molar-refractivity contribution in [2.45, 2.75) is 25.9 Å². The molecule has 0 aromatic carbocycles. The number of aryl methyl sites for hydroxylation is 1. The van der Waals surface area contributed by atoms with Gasteiger partial charge in [-0.3, -0.25) is 14.7 Å². The molecule has 27 heavy (non-hydrogen) atoms. The minimum Gasteiger partial charge on any atom is -0.289 e. The summed E-state index contributed by atoms with van der Waals surface area (Å²) in [6.07, 6.45) is -1.76. The molecule has 0 aliphatic carbocycles. The molecule has 3 aromatic heterocycles. The second-order valence-electron chi connectivity index (χ2n) is 5.96. The van der Waals surface area contributed by atoms with E-state index in [1.54, 1.807) is 0 Å². The summed E-state index contributed by atoms with van der Waals surface area (Å²) in [7, 11) is 1.51. The van der Waals surface area contributed by atoms with Gasteiger partial charge in [0.1, 0.15) is 11.5 Å². The Kier molecular flexibility index (Phi) is 4.64. The molecule has 3 rings (SSSR count). The zero-order valence-electron chi connectivity index (χ0n) is 14.6. The first-order valence-corrected chi connectivity index (χ1v) is 7.84. The maximum Gasteiger partial charge on any atom is 0.433 e. The van der Waals surface area contributed by atoms with Crippen LogP contribution in [0.2, 0.25) is 0 Å². The standard InChI is InChI=1S/C15H15F3N8O/c1-8(2)11-19-6-7-26(11)12-9(4-5-10(20-12)15(16,17)18)13(27)21-14-22-23-24-25(14)3/h4-8H,1-3H3,(H,21,22,24,27). The number of hydrogen-bond acceptors (Lipinski definition) is 6. The number of amides is 1. The van der Waals surface area contributed by atoms with Crippen LogP contribution in [0.4, 0.5) is 19.1 Å². The molecule has 3 heterocycles. The van der Waals surface area contributed by atoms with Crippen molar-refractivity contribution in [1.29, 1.82) is 0 Å². The number of carbonyl (C=O) groups excluding carboxylic acids is 1. The number of aromatic nitrogens is 7. The van der Waals surface area contributed by atoms with Gasteiger partial charge in [0.15, 0.2) is 5.82 Å². The Morgan fingerprint density at radius 3 is 2.59 bits per heavy atom. The van der Waals surface area contributed by atoms with E-state index in [-0.39, 0.29) is 23.2 Å². The van der Waals surface area contributed by atoms with Crippen molar-refractivity contribution >= 4 is 11.9 Å². The summed E-state index contributed by atoms with van der Waals surface area (Å²) in [5.74, 6) is -0.474. The van der Waals surface area contributed by atoms with Crippen LogP contribution >= 0.6 is 0 Å². The SMILES string of the molecule is CC(C)c1nccn1-c1nc(C(F)(F)F)ccc1C(=O)Nc1nnnn1C. The average Bonchev–Trinajstić information content (AvgIpc) is 3.23. The molecule has 0 bridgehead atoms. The van der Waals surface area contributed by atoms with Gasteiger partial charge in [-0.2, -0.15) is 13.2 Å². The Balaban J connectivity index is 2.11. The Bertz CT molecular complexity index is 976. The van der Waals surface area contributed by atoms with Gasteiger partial charge in [0.2, 0.25) is 5.95 Å². The van der Waals surface area contributed by atoms with Gasteiger partial charge in [-0.25, -0.2) is 14.6 Å². The van der Waals surface area contributed by atoms with Crippen LogP contribution in [-0.4, -0.2) is 40.6 Å². The molecule has 0 aliphatic rings. The van der Waals surface area contributed by atoms with Gasteiger partial charge in [-0.1, -0.05) is 18.9 Å². The van der Waals surface area contributed by atoms with Crippen molar-refractivity contribution < 1.29 is 18.0 Å². The van der Waals surface area contributed by atoms with E-state index in [0.717, 1.165) is 12.1 Å². The molecule has 0 radical (unpaired) electrons. The minimum atomic E-state index is -4.66. The van der Waals surface area contributed by atoms with Gasteiger partial charge < -0.3 is 0 Å². The van der Waals surface area contributed by atoms with Crippen molar-refractivity contribution in [2.24, 2.45) is 7.05 Å². The Morgan fingerprint density at radius 1 is 1.26 bits per heavy atom. The third-order valence-electron chi connectivity index (χ3n) is 3.67. The lowest BCUT2D eigenvalue weighted by molar-refractivity contribution is -0.141. The van der Waals surface area contributed by atoms with Crippen molar-refractivity contribution in [3.05, 3.63) is 41.6 Å². The predicted molar refractivity (Wildman–Crippen MR) is 87.2 cm³/mol. The molecule has 1 amide bonds. The number of carbonyl (C=O) groups is 1. The van der Waals surface area contributed by atoms with Crippen LogP contribution in [0.1, 0.15) is 41.6 Å². The van der Waals surface area contributed by atoms with Crippen LogP contribution in [0.3, 0.4) is 0 Å². The fourth-order valence-electron chi connectivity index (χ4n) is 2.39. The molecule has 0 unspecified atom stereocenters. The Labute approximate surface area is 151 Å². The predicted octanol–water partition coefficient (Wildman–Crippen LogP) is 2.19. The van der Waals surface area contributed by atoms with Gasteiger partial charge in [-0.15, -0.1) is 0 Å². The molecule has 9 nitrogen and oxygen atoms in total. The number of anilines is 1. The van der Waals surface area contributed by atoms with Crippen molar-refractivity contribution in [2.75, 3.05) is 5.32 Å². The van der Waals surface area contributed by atoms with E-state index >= 15 is 0 Å². The van der Waals surface area contributed by atoms with Gasteiger partial charge in [0.05, 0.1) is 5.56 Å². The normalized spacial score (nSPS) is 11.8. The highest BCUT2D eigenvalue weighted by Gasteiger charge is 2.34. The number of nitrogens with zero attached hydrogens (tertiary/aromatic N) is 7. The van der Waals surface area contributed by atoms with Crippen LogP contribution < -0.4 is 5.32 Å². The zero-order chi connectivity index (χ0) is 19.8. The maximum absolute atomic E-state index is 13.1. The van der Waals surface area contributed by atoms with Crippen LogP contribution in [-0.2, 0) is 13.2 Å². The average molecular weight is 380 g/mol. The van der Waals surface area contributed by atoms with Crippen LogP contribution in [0.5, 0.6) is 0 Å². The largest absolute Gasteiger partial charge is 0.433 e. The lowest BCUT2D eigenvalue weighted by Gasteiger charge is -2.15. The monoisotopic (exact) mass is 380 g/mol. The second kappa shape index (κ2) is 6.78. The summed E-state index contributed by atoms with van der Waals surface area (Å²) in [6, 6.07) is 1.81. The number of halogens is 3. The molecule has 0 spiro atoms. The fraction of sp³-hybridized carbons (Fsp3) is 0.333. The highest BCUT2D eigenvalue weighted by atomic mass is 19.4. The van der Waals surface area contributed by atoms with Crippen molar-refractivity contribution in [3.63, 3.8) is 0 Å². The summed E-state index contributed by atoms with van der Waals surface area (Å²) >= 11 is 0. The summed E-state index contributed by atoms with van der Waals surface area (Å²) < 4.78 is 42.0. The topological polar surface area (TPSA) is 103 Å². The number of hydrogen-bond donors (Lipinski definition) is 1. The lowest BCUT2D eigenvalue weighted by atomic mass is 10.1. The number of pyridine rings is 1. The van der Waals surface area contributed by atoms with E-state index in [0.29, 0.717) is 5.82 Å². The third-order valence-corrected chi connectivity index (χ3v) is 3.67. The molecular formula is C15H15F3N8O. The molecule has 0 saturated carbocycles. The highest BCUT2D eigenvalue weighted by Crippen LogP contribution is 2.30. The maximum atomic E-state index is 13.1. The zero-order valence-corrected chi connectivity index (χ0v) is 14.6. The Hall–Kier alpha value is -3.31. The van der Waals surface area contributed by atoms with Gasteiger partial charge in [-0.05, 0) is 22.6 Å². The Morgan fingerprint density at radius 2 is 2.00 bits per heavy atom. The molecule has 1 N–H and O–H groups in total. The summed E-state index contributed by atoms with van der Waals surface area (Å²) in [6.45, 7) is 3.66. The lowest BCUT2D eigenvalue weighted by Crippen LogP contribution is -2.21. The van der Waals surface area contributed by atoms with Crippen LogP contribution in [0.25, 0.3) is 5.82 Å². The van der Waals surface area contributed by atoms with E-state index < -0.39 is 17.8 Å². The molecular weight excluding hydrogens is 365 g/mol. The number of nitrogens with one attached hydrogen (secondary N) is 1. The van der Waals surface area contributed by atoms with Gasteiger partial charge in [0, 0.05) is 25.4 Å². The van der Waals surface area contributed by atoms with E-state index in [4.69, 9.17) is 0 Å². The van der Waals surface area contributed by atoms with Gasteiger partial charge in [0.25, 0.3) is 5.91 Å². The van der Waals surface area contributed by atoms with E-state index in [9.17, 15) is 18.0 Å². The molecule has 0 atom stereocenters. The van der Waals surface area contributed by atoms with Crippen LogP contribution in [0, 0.1) is 0 Å². The molecule has 0 fully saturated rings. The highest BCUT2D eigenvalue weighted by molar-refractivity contribution is 6.05. The summed E-state index contributed by atoms with van der Waals surface area (Å²) in [5, 5.41) is 13.0. The number of alkyl halides is 3. The first kappa shape index (κ1) is 18.5. The molecule has 3 aromatic rings. The smallest absolute Gasteiger partial charge is 0.289 e. The van der Waals surface area contributed by atoms with Crippen molar-refractivity contribution in [3.8, 4) is 5.82 Å². The quantitative estimate of drug-likeness (QED) is 0.744. The summed E-state index contributed by atoms with van der Waals surface area (Å²) in [4.78, 5) is 20.5. The number of tetrazole rings is 1. The van der Waals surface area contributed by atoms with Crippen LogP contribution in [0.15, 0.2) is 24.5 Å². The molecule has 0 aliphatic heterocycles. The van der Waals surface area contributed by atoms with E-state index in [2.05, 4.69) is 30.8 Å². The number of rotatable bonds is 4. The van der Waals surface area contributed by atoms with Crippen molar-refractivity contribution in [1.82, 2.24) is 34.7 Å². The first-order valence-electron chi connectivity index (χ1n) is 7.84. The fourth-order valence-corrected chi connectivity index (χ4v) is 2.39. The third kappa shape index (κ3) is 3.64. The van der Waals surface area contributed by atoms with E-state index in [1.807, 2.05) is 13.8 Å². The molecule has 12 heteroatoms. The minimum absolute atomic E-state index is 0.0422. The second-order valence-corrected chi connectivity index (χ2v) is 5.96.